The van der Waals surface area contributed by atoms with E-state index in [2.05, 4.69) is 33.0 Å². The van der Waals surface area contributed by atoms with Crippen molar-refractivity contribution in [2.45, 2.75) is 40.5 Å². The lowest BCUT2D eigenvalue weighted by molar-refractivity contribution is -0.147. The molecule has 104 valence electrons. The Morgan fingerprint density at radius 2 is 1.78 bits per heavy atom. The number of nitrogens with one attached hydrogen (secondary N) is 1. The highest BCUT2D eigenvalue weighted by Crippen LogP contribution is 2.20. The molecule has 2 atom stereocenters. The fraction of sp³-hybridized carbons (Fsp3) is 0.857. The Bertz CT molecular complexity index is 292. The summed E-state index contributed by atoms with van der Waals surface area (Å²) in [4.78, 5) is 25.4. The van der Waals surface area contributed by atoms with Gasteiger partial charge in [-0.2, -0.15) is 0 Å². The number of hydrogen-bond donors (Lipinski definition) is 1. The normalized spacial score (nSPS) is 24.2. The molecule has 0 aromatic carbocycles. The van der Waals surface area contributed by atoms with Gasteiger partial charge in [0.25, 0.3) is 0 Å². The average Bonchev–Trinajstić information content (AvgIpc) is 2.26. The van der Waals surface area contributed by atoms with E-state index in [-0.39, 0.29) is 5.91 Å². The molecular weight excluding hydrogens is 228 g/mol. The van der Waals surface area contributed by atoms with Gasteiger partial charge in [-0.05, 0) is 30.6 Å². The second kappa shape index (κ2) is 6.76. The second-order valence-corrected chi connectivity index (χ2v) is 6.09. The summed E-state index contributed by atoms with van der Waals surface area (Å²) in [5.74, 6) is 0.701. The first-order valence-electron chi connectivity index (χ1n) is 6.97. The fourth-order valence-corrected chi connectivity index (χ4v) is 2.52. The van der Waals surface area contributed by atoms with Crippen LogP contribution < -0.4 is 5.32 Å². The van der Waals surface area contributed by atoms with Gasteiger partial charge in [-0.3, -0.25) is 9.59 Å². The number of likely N-dealkylation sites (tertiary alicyclic amines) is 1. The van der Waals surface area contributed by atoms with E-state index in [0.29, 0.717) is 37.4 Å². The summed E-state index contributed by atoms with van der Waals surface area (Å²) in [6.07, 6.45) is 2.05. The first kappa shape index (κ1) is 15.0. The van der Waals surface area contributed by atoms with E-state index in [1.165, 1.54) is 0 Å². The SMILES string of the molecule is CC(C)CCNC(=O)C(=O)N1CC(C)CC(C)C1. The van der Waals surface area contributed by atoms with E-state index in [9.17, 15) is 9.59 Å². The van der Waals surface area contributed by atoms with Gasteiger partial charge in [0.1, 0.15) is 0 Å². The van der Waals surface area contributed by atoms with E-state index in [4.69, 9.17) is 0 Å². The van der Waals surface area contributed by atoms with Crippen molar-refractivity contribution in [1.29, 1.82) is 0 Å². The molecule has 0 aromatic rings. The summed E-state index contributed by atoms with van der Waals surface area (Å²) in [6.45, 7) is 10.5. The first-order valence-corrected chi connectivity index (χ1v) is 6.97. The van der Waals surface area contributed by atoms with E-state index < -0.39 is 5.91 Å². The molecule has 1 rings (SSSR count). The zero-order valence-electron chi connectivity index (χ0n) is 12.0. The number of rotatable bonds is 3. The fourth-order valence-electron chi connectivity index (χ4n) is 2.52. The number of nitrogens with zero attached hydrogens (tertiary/aromatic N) is 1. The van der Waals surface area contributed by atoms with Crippen LogP contribution in [0.2, 0.25) is 0 Å². The van der Waals surface area contributed by atoms with Crippen LogP contribution in [0.25, 0.3) is 0 Å². The molecule has 1 saturated heterocycles. The van der Waals surface area contributed by atoms with Gasteiger partial charge in [-0.25, -0.2) is 0 Å². The Hall–Kier alpha value is -1.06. The third kappa shape index (κ3) is 4.67. The molecule has 1 aliphatic heterocycles. The molecule has 4 nitrogen and oxygen atoms in total. The van der Waals surface area contributed by atoms with Gasteiger partial charge in [0.05, 0.1) is 0 Å². The summed E-state index contributed by atoms with van der Waals surface area (Å²) < 4.78 is 0. The summed E-state index contributed by atoms with van der Waals surface area (Å²) in [5, 5.41) is 2.71. The summed E-state index contributed by atoms with van der Waals surface area (Å²) in [7, 11) is 0. The molecule has 1 N–H and O–H groups in total. The van der Waals surface area contributed by atoms with Gasteiger partial charge in [0, 0.05) is 19.6 Å². The smallest absolute Gasteiger partial charge is 0.311 e. The van der Waals surface area contributed by atoms with Gasteiger partial charge >= 0.3 is 11.8 Å². The third-order valence-electron chi connectivity index (χ3n) is 3.36. The van der Waals surface area contributed by atoms with Gasteiger partial charge in [0.2, 0.25) is 0 Å². The molecule has 0 spiro atoms. The molecule has 0 aliphatic carbocycles. The molecular formula is C14H26N2O2. The van der Waals surface area contributed by atoms with E-state index in [0.717, 1.165) is 12.8 Å². The maximum absolute atomic E-state index is 12.0. The average molecular weight is 254 g/mol. The van der Waals surface area contributed by atoms with Crippen LogP contribution in [0.4, 0.5) is 0 Å². The first-order chi connectivity index (χ1) is 8.40. The van der Waals surface area contributed by atoms with Gasteiger partial charge in [-0.15, -0.1) is 0 Å². The quantitative estimate of drug-likeness (QED) is 0.779. The Morgan fingerprint density at radius 3 is 2.28 bits per heavy atom. The van der Waals surface area contributed by atoms with Crippen molar-refractivity contribution >= 4 is 11.8 Å². The zero-order chi connectivity index (χ0) is 13.7. The molecule has 0 bridgehead atoms. The van der Waals surface area contributed by atoms with Gasteiger partial charge in [-0.1, -0.05) is 27.7 Å². The van der Waals surface area contributed by atoms with Crippen molar-refractivity contribution in [2.75, 3.05) is 19.6 Å². The van der Waals surface area contributed by atoms with Crippen LogP contribution in [0.1, 0.15) is 40.5 Å². The van der Waals surface area contributed by atoms with Crippen LogP contribution in [-0.4, -0.2) is 36.3 Å². The largest absolute Gasteiger partial charge is 0.348 e. The second-order valence-electron chi connectivity index (χ2n) is 6.09. The van der Waals surface area contributed by atoms with Crippen molar-refractivity contribution in [1.82, 2.24) is 10.2 Å². The van der Waals surface area contributed by atoms with Crippen molar-refractivity contribution in [3.63, 3.8) is 0 Å². The minimum Gasteiger partial charge on any atom is -0.348 e. The Labute approximate surface area is 110 Å². The molecule has 0 radical (unpaired) electrons. The van der Waals surface area contributed by atoms with Crippen molar-refractivity contribution in [2.24, 2.45) is 17.8 Å². The zero-order valence-corrected chi connectivity index (χ0v) is 12.0. The van der Waals surface area contributed by atoms with Crippen LogP contribution in [0.5, 0.6) is 0 Å². The monoisotopic (exact) mass is 254 g/mol. The standard InChI is InChI=1S/C14H26N2O2/c1-10(2)5-6-15-13(17)14(18)16-8-11(3)7-12(4)9-16/h10-12H,5-9H2,1-4H3,(H,15,17). The molecule has 1 fully saturated rings. The van der Waals surface area contributed by atoms with Crippen LogP contribution in [0, 0.1) is 17.8 Å². The predicted octanol–water partition coefficient (Wildman–Crippen LogP) is 1.65. The molecule has 1 aliphatic rings. The van der Waals surface area contributed by atoms with Crippen molar-refractivity contribution < 1.29 is 9.59 Å². The molecule has 4 heteroatoms. The summed E-state index contributed by atoms with van der Waals surface area (Å²) in [5.41, 5.74) is 0. The highest BCUT2D eigenvalue weighted by molar-refractivity contribution is 6.35. The minimum absolute atomic E-state index is 0.364. The lowest BCUT2D eigenvalue weighted by atomic mass is 9.92. The number of carbonyl (C=O) groups excluding carboxylic acids is 2. The van der Waals surface area contributed by atoms with E-state index >= 15 is 0 Å². The molecule has 2 amide bonds. The van der Waals surface area contributed by atoms with Gasteiger partial charge in [0.15, 0.2) is 0 Å². The van der Waals surface area contributed by atoms with Crippen LogP contribution in [-0.2, 0) is 9.59 Å². The highest BCUT2D eigenvalue weighted by atomic mass is 16.2. The molecule has 2 unspecified atom stereocenters. The third-order valence-corrected chi connectivity index (χ3v) is 3.36. The predicted molar refractivity (Wildman–Crippen MR) is 72.0 cm³/mol. The summed E-state index contributed by atoms with van der Waals surface area (Å²) >= 11 is 0. The van der Waals surface area contributed by atoms with E-state index in [1.54, 1.807) is 4.90 Å². The van der Waals surface area contributed by atoms with Crippen LogP contribution >= 0.6 is 0 Å². The Kier molecular flexibility index (Phi) is 5.63. The maximum Gasteiger partial charge on any atom is 0.311 e. The van der Waals surface area contributed by atoms with Crippen LogP contribution in [0.3, 0.4) is 0 Å². The number of carbonyl (C=O) groups is 2. The number of piperidine rings is 1. The molecule has 1 heterocycles. The maximum atomic E-state index is 12.0. The minimum atomic E-state index is -0.447. The number of hydrogen-bond acceptors (Lipinski definition) is 2. The van der Waals surface area contributed by atoms with Gasteiger partial charge < -0.3 is 10.2 Å². The summed E-state index contributed by atoms with van der Waals surface area (Å²) in [6, 6.07) is 0. The molecule has 18 heavy (non-hydrogen) atoms. The Balaban J connectivity index is 2.40. The highest BCUT2D eigenvalue weighted by Gasteiger charge is 2.28. The number of amides is 2. The lowest BCUT2D eigenvalue weighted by Crippen LogP contribution is -2.49. The molecule has 0 aromatic heterocycles. The Morgan fingerprint density at radius 1 is 1.22 bits per heavy atom. The van der Waals surface area contributed by atoms with Crippen LogP contribution in [0.15, 0.2) is 0 Å². The molecule has 0 saturated carbocycles. The van der Waals surface area contributed by atoms with Crippen molar-refractivity contribution in [3.8, 4) is 0 Å². The van der Waals surface area contributed by atoms with E-state index in [1.807, 2.05) is 0 Å². The van der Waals surface area contributed by atoms with Crippen molar-refractivity contribution in [3.05, 3.63) is 0 Å². The topological polar surface area (TPSA) is 49.4 Å². The lowest BCUT2D eigenvalue weighted by Gasteiger charge is -2.34.